The van der Waals surface area contributed by atoms with Crippen LogP contribution in [0, 0.1) is 5.82 Å². The van der Waals surface area contributed by atoms with Crippen LogP contribution in [0.3, 0.4) is 0 Å². The lowest BCUT2D eigenvalue weighted by molar-refractivity contribution is 0.623. The van der Waals surface area contributed by atoms with Crippen molar-refractivity contribution in [3.05, 3.63) is 57.8 Å². The highest BCUT2D eigenvalue weighted by atomic mass is 32.1. The summed E-state index contributed by atoms with van der Waals surface area (Å²) in [5.74, 6) is 0.115. The number of fused-ring (bicyclic) bond motifs is 2. The van der Waals surface area contributed by atoms with Gasteiger partial charge in [-0.15, -0.1) is 22.7 Å². The van der Waals surface area contributed by atoms with Crippen LogP contribution in [-0.4, -0.2) is 9.97 Å². The monoisotopic (exact) mass is 342 g/mol. The highest BCUT2D eigenvalue weighted by Crippen LogP contribution is 2.31. The number of aromatic nitrogens is 2. The molecule has 0 N–H and O–H groups in total. The lowest BCUT2D eigenvalue weighted by Gasteiger charge is -2.01. The zero-order valence-corrected chi connectivity index (χ0v) is 14.5. The van der Waals surface area contributed by atoms with Crippen molar-refractivity contribution >= 4 is 43.1 Å². The third-order valence-electron chi connectivity index (χ3n) is 3.77. The predicted octanol–water partition coefficient (Wildman–Crippen LogP) is 5.76. The number of nitrogens with zero attached hydrogens (tertiary/aromatic N) is 2. The van der Waals surface area contributed by atoms with E-state index >= 15 is 0 Å². The van der Waals surface area contributed by atoms with Crippen LogP contribution in [0.2, 0.25) is 0 Å². The maximum atomic E-state index is 14.8. The van der Waals surface area contributed by atoms with Crippen LogP contribution < -0.4 is 0 Å². The summed E-state index contributed by atoms with van der Waals surface area (Å²) in [5.41, 5.74) is 2.14. The molecule has 0 aliphatic carbocycles. The van der Waals surface area contributed by atoms with Crippen molar-refractivity contribution in [2.24, 2.45) is 0 Å². The van der Waals surface area contributed by atoms with Gasteiger partial charge >= 0.3 is 0 Å². The molecule has 0 atom stereocenters. The minimum absolute atomic E-state index is 0.204. The number of benzene rings is 2. The van der Waals surface area contributed by atoms with E-state index in [-0.39, 0.29) is 5.82 Å². The molecule has 2 aromatic carbocycles. The second kappa shape index (κ2) is 5.65. The first-order chi connectivity index (χ1) is 11.1. The highest BCUT2D eigenvalue weighted by Gasteiger charge is 2.15. The molecule has 0 bridgehead atoms. The fourth-order valence-corrected chi connectivity index (χ4v) is 4.52. The van der Waals surface area contributed by atoms with Crippen LogP contribution in [0.4, 0.5) is 4.39 Å². The minimum Gasteiger partial charge on any atom is -0.241 e. The maximum absolute atomic E-state index is 14.8. The van der Waals surface area contributed by atoms with Gasteiger partial charge in [0, 0.05) is 12.3 Å². The molecule has 0 spiro atoms. The molecule has 0 saturated carbocycles. The molecule has 0 amide bonds. The summed E-state index contributed by atoms with van der Waals surface area (Å²) in [7, 11) is 0. The summed E-state index contributed by atoms with van der Waals surface area (Å²) < 4.78 is 16.9. The van der Waals surface area contributed by atoms with Crippen LogP contribution in [0.5, 0.6) is 0 Å². The van der Waals surface area contributed by atoms with Gasteiger partial charge in [0.15, 0.2) is 5.82 Å². The van der Waals surface area contributed by atoms with E-state index in [1.54, 1.807) is 22.7 Å². The molecule has 23 heavy (non-hydrogen) atoms. The van der Waals surface area contributed by atoms with E-state index in [9.17, 15) is 4.39 Å². The number of halogens is 1. The first kappa shape index (κ1) is 14.7. The topological polar surface area (TPSA) is 25.8 Å². The molecule has 4 rings (SSSR count). The van der Waals surface area contributed by atoms with E-state index in [1.807, 2.05) is 36.4 Å². The molecule has 0 unspecified atom stereocenters. The quantitative estimate of drug-likeness (QED) is 0.473. The molecule has 4 aromatic rings. The highest BCUT2D eigenvalue weighted by molar-refractivity contribution is 7.19. The Morgan fingerprint density at radius 2 is 1.83 bits per heavy atom. The second-order valence-corrected chi connectivity index (χ2v) is 8.02. The summed E-state index contributed by atoms with van der Waals surface area (Å²) in [6.45, 7) is 4.16. The van der Waals surface area contributed by atoms with Gasteiger partial charge < -0.3 is 0 Å². The SMILES string of the molecule is CC(C)c1nc2c(F)c(Cc3nc4ccccc4s3)ccc2s1. The van der Waals surface area contributed by atoms with E-state index in [0.717, 1.165) is 24.9 Å². The summed E-state index contributed by atoms with van der Waals surface area (Å²) in [6, 6.07) is 11.9. The molecule has 0 fully saturated rings. The largest absolute Gasteiger partial charge is 0.241 e. The Morgan fingerprint density at radius 1 is 1.00 bits per heavy atom. The fraction of sp³-hybridized carbons (Fsp3) is 0.222. The summed E-state index contributed by atoms with van der Waals surface area (Å²) >= 11 is 3.19. The van der Waals surface area contributed by atoms with Crippen molar-refractivity contribution in [2.45, 2.75) is 26.2 Å². The Kier molecular flexibility index (Phi) is 3.62. The van der Waals surface area contributed by atoms with Gasteiger partial charge in [0.2, 0.25) is 0 Å². The normalized spacial score (nSPS) is 11.8. The first-order valence-electron chi connectivity index (χ1n) is 7.54. The molecule has 0 saturated heterocycles. The lowest BCUT2D eigenvalue weighted by atomic mass is 10.1. The fourth-order valence-electron chi connectivity index (χ4n) is 2.56. The van der Waals surface area contributed by atoms with E-state index in [1.165, 1.54) is 0 Å². The molecule has 2 nitrogen and oxygen atoms in total. The van der Waals surface area contributed by atoms with Crippen molar-refractivity contribution in [1.29, 1.82) is 0 Å². The zero-order chi connectivity index (χ0) is 16.0. The van der Waals surface area contributed by atoms with Crippen LogP contribution in [0.25, 0.3) is 20.4 Å². The Balaban J connectivity index is 1.74. The lowest BCUT2D eigenvalue weighted by Crippen LogP contribution is -1.93. The van der Waals surface area contributed by atoms with Crippen LogP contribution in [0.1, 0.15) is 35.3 Å². The molecular formula is C18H15FN2S2. The van der Waals surface area contributed by atoms with Gasteiger partial charge in [0.1, 0.15) is 5.52 Å². The molecular weight excluding hydrogens is 327 g/mol. The van der Waals surface area contributed by atoms with Crippen LogP contribution in [-0.2, 0) is 6.42 Å². The summed E-state index contributed by atoms with van der Waals surface area (Å²) in [5, 5.41) is 1.92. The van der Waals surface area contributed by atoms with Crippen molar-refractivity contribution in [2.75, 3.05) is 0 Å². The Bertz CT molecular complexity index is 968. The first-order valence-corrected chi connectivity index (χ1v) is 9.17. The van der Waals surface area contributed by atoms with Crippen molar-refractivity contribution in [3.8, 4) is 0 Å². The predicted molar refractivity (Wildman–Crippen MR) is 96.1 cm³/mol. The van der Waals surface area contributed by atoms with Gasteiger partial charge in [-0.2, -0.15) is 0 Å². The third kappa shape index (κ3) is 2.64. The smallest absolute Gasteiger partial charge is 0.153 e. The molecule has 0 aliphatic rings. The van der Waals surface area contributed by atoms with Gasteiger partial charge in [-0.3, -0.25) is 0 Å². The molecule has 0 aliphatic heterocycles. The molecule has 5 heteroatoms. The number of para-hydroxylation sites is 1. The standard InChI is InChI=1S/C18H15FN2S2/c1-10(2)18-21-17-14(23-18)8-7-11(16(17)19)9-15-20-12-5-3-4-6-13(12)22-15/h3-8,10H,9H2,1-2H3. The molecule has 116 valence electrons. The number of rotatable bonds is 3. The van der Waals surface area contributed by atoms with E-state index in [4.69, 9.17) is 0 Å². The average Bonchev–Trinajstić information content (AvgIpc) is 3.13. The molecule has 0 radical (unpaired) electrons. The van der Waals surface area contributed by atoms with Crippen LogP contribution in [0.15, 0.2) is 36.4 Å². The number of hydrogen-bond acceptors (Lipinski definition) is 4. The van der Waals surface area contributed by atoms with E-state index < -0.39 is 0 Å². The Morgan fingerprint density at radius 3 is 2.61 bits per heavy atom. The molecule has 2 aromatic heterocycles. The van der Waals surface area contributed by atoms with Crippen molar-refractivity contribution in [1.82, 2.24) is 9.97 Å². The van der Waals surface area contributed by atoms with Gasteiger partial charge in [0.05, 0.1) is 24.9 Å². The summed E-state index contributed by atoms with van der Waals surface area (Å²) in [6.07, 6.45) is 0.510. The maximum Gasteiger partial charge on any atom is 0.153 e. The average molecular weight is 342 g/mol. The van der Waals surface area contributed by atoms with Gasteiger partial charge in [-0.05, 0) is 23.8 Å². The van der Waals surface area contributed by atoms with E-state index in [0.29, 0.717) is 23.4 Å². The number of hydrogen-bond donors (Lipinski definition) is 0. The number of thiazole rings is 2. The van der Waals surface area contributed by atoms with E-state index in [2.05, 4.69) is 23.8 Å². The van der Waals surface area contributed by atoms with Gasteiger partial charge in [0.25, 0.3) is 0 Å². The Hall–Kier alpha value is -1.85. The zero-order valence-electron chi connectivity index (χ0n) is 12.8. The third-order valence-corrected chi connectivity index (χ3v) is 6.13. The van der Waals surface area contributed by atoms with Gasteiger partial charge in [-0.25, -0.2) is 14.4 Å². The van der Waals surface area contributed by atoms with Crippen molar-refractivity contribution in [3.63, 3.8) is 0 Å². The van der Waals surface area contributed by atoms with Crippen molar-refractivity contribution < 1.29 is 4.39 Å². The summed E-state index contributed by atoms with van der Waals surface area (Å²) in [4.78, 5) is 9.08. The van der Waals surface area contributed by atoms with Gasteiger partial charge in [-0.1, -0.05) is 32.0 Å². The minimum atomic E-state index is -0.204. The van der Waals surface area contributed by atoms with Crippen LogP contribution >= 0.6 is 22.7 Å². The Labute approximate surface area is 141 Å². The molecule has 2 heterocycles. The second-order valence-electron chi connectivity index (χ2n) is 5.84.